The lowest BCUT2D eigenvalue weighted by Crippen LogP contribution is -2.47. The monoisotopic (exact) mass is 281 g/mol. The largest absolute Gasteiger partial charge is 0.370 e. The molecule has 1 aromatic rings. The van der Waals surface area contributed by atoms with Crippen LogP contribution in [-0.2, 0) is 4.79 Å². The van der Waals surface area contributed by atoms with E-state index in [9.17, 15) is 9.18 Å². The molecular weight excluding hydrogens is 257 g/mol. The first-order chi connectivity index (χ1) is 9.19. The predicted octanol–water partition coefficient (Wildman–Crippen LogP) is 2.61. The lowest BCUT2D eigenvalue weighted by Gasteiger charge is -2.25. The molecule has 0 aliphatic heterocycles. The van der Waals surface area contributed by atoms with E-state index in [4.69, 9.17) is 0 Å². The van der Waals surface area contributed by atoms with Crippen molar-refractivity contribution in [3.8, 4) is 0 Å². The highest BCUT2D eigenvalue weighted by molar-refractivity contribution is 5.97. The topological polar surface area (TPSA) is 44.4 Å². The number of benzene rings is 1. The van der Waals surface area contributed by atoms with Crippen molar-refractivity contribution in [3.05, 3.63) is 24.0 Å². The second-order valence-corrected chi connectivity index (χ2v) is 5.70. The highest BCUT2D eigenvalue weighted by Gasteiger charge is 2.25. The molecule has 20 heavy (non-hydrogen) atoms. The van der Waals surface area contributed by atoms with Crippen LogP contribution in [0.25, 0.3) is 0 Å². The van der Waals surface area contributed by atoms with Gasteiger partial charge in [0.1, 0.15) is 5.82 Å². The molecule has 0 heterocycles. The Labute approximate surface area is 120 Å². The Bertz CT molecular complexity index is 486. The molecule has 1 aromatic carbocycles. The van der Waals surface area contributed by atoms with Crippen molar-refractivity contribution >= 4 is 17.3 Å². The smallest absolute Gasteiger partial charge is 0.244 e. The molecule has 0 spiro atoms. The van der Waals surface area contributed by atoms with Crippen molar-refractivity contribution in [1.82, 2.24) is 5.32 Å². The van der Waals surface area contributed by atoms with Gasteiger partial charge in [-0.3, -0.25) is 4.79 Å². The van der Waals surface area contributed by atoms with E-state index in [0.29, 0.717) is 11.4 Å². The summed E-state index contributed by atoms with van der Waals surface area (Å²) in [4.78, 5) is 13.8. The molecule has 1 rings (SSSR count). The van der Waals surface area contributed by atoms with Gasteiger partial charge in [-0.25, -0.2) is 4.39 Å². The standard InChI is InChI=1S/C15H24FN3O/c1-10(2)19(6)13-8-7-11(9-12(13)16)18-14(20)15(3,4)17-5/h7-10,17H,1-6H3,(H,18,20). The normalized spacial score (nSPS) is 11.6. The quantitative estimate of drug-likeness (QED) is 0.872. The molecule has 0 radical (unpaired) electrons. The summed E-state index contributed by atoms with van der Waals surface area (Å²) in [6.07, 6.45) is 0. The molecule has 1 amide bonds. The average Bonchev–Trinajstić information content (AvgIpc) is 2.37. The minimum atomic E-state index is -0.704. The summed E-state index contributed by atoms with van der Waals surface area (Å²) in [5, 5.41) is 5.62. The summed E-state index contributed by atoms with van der Waals surface area (Å²) in [6, 6.07) is 4.93. The van der Waals surface area contributed by atoms with Gasteiger partial charge in [0.25, 0.3) is 0 Å². The van der Waals surface area contributed by atoms with E-state index in [0.717, 1.165) is 0 Å². The fraction of sp³-hybridized carbons (Fsp3) is 0.533. The number of hydrogen-bond donors (Lipinski definition) is 2. The van der Waals surface area contributed by atoms with Crippen molar-refractivity contribution in [1.29, 1.82) is 0 Å². The Morgan fingerprint density at radius 1 is 1.35 bits per heavy atom. The van der Waals surface area contributed by atoms with Gasteiger partial charge in [-0.15, -0.1) is 0 Å². The van der Waals surface area contributed by atoms with Crippen LogP contribution in [-0.4, -0.2) is 31.6 Å². The maximum absolute atomic E-state index is 14.1. The molecule has 0 bridgehead atoms. The zero-order chi connectivity index (χ0) is 15.5. The summed E-state index contributed by atoms with van der Waals surface area (Å²) in [7, 11) is 3.55. The van der Waals surface area contributed by atoms with Crippen molar-refractivity contribution in [2.75, 3.05) is 24.3 Å². The molecule has 0 aliphatic rings. The first-order valence-corrected chi connectivity index (χ1v) is 6.71. The third kappa shape index (κ3) is 3.70. The number of carbonyl (C=O) groups excluding carboxylic acids is 1. The van der Waals surface area contributed by atoms with Crippen LogP contribution in [0.1, 0.15) is 27.7 Å². The highest BCUT2D eigenvalue weighted by atomic mass is 19.1. The molecule has 5 heteroatoms. The van der Waals surface area contributed by atoms with Crippen molar-refractivity contribution in [2.24, 2.45) is 0 Å². The highest BCUT2D eigenvalue weighted by Crippen LogP contribution is 2.23. The first kappa shape index (κ1) is 16.4. The van der Waals surface area contributed by atoms with Gasteiger partial charge in [0.05, 0.1) is 11.2 Å². The van der Waals surface area contributed by atoms with Gasteiger partial charge >= 0.3 is 0 Å². The summed E-state index contributed by atoms with van der Waals surface area (Å²) < 4.78 is 14.1. The number of nitrogens with one attached hydrogen (secondary N) is 2. The van der Waals surface area contributed by atoms with Gasteiger partial charge in [-0.05, 0) is 52.9 Å². The van der Waals surface area contributed by atoms with Crippen LogP contribution in [0.15, 0.2) is 18.2 Å². The van der Waals surface area contributed by atoms with Crippen LogP contribution in [0.5, 0.6) is 0 Å². The number of likely N-dealkylation sites (N-methyl/N-ethyl adjacent to an activating group) is 1. The summed E-state index contributed by atoms with van der Waals surface area (Å²) in [6.45, 7) is 7.51. The van der Waals surface area contributed by atoms with Gasteiger partial charge in [0, 0.05) is 18.8 Å². The molecular formula is C15H24FN3O. The van der Waals surface area contributed by atoms with Gasteiger partial charge < -0.3 is 15.5 Å². The molecule has 0 aliphatic carbocycles. The van der Waals surface area contributed by atoms with Crippen LogP contribution in [0, 0.1) is 5.82 Å². The van der Waals surface area contributed by atoms with Gasteiger partial charge in [0.15, 0.2) is 0 Å². The number of carbonyl (C=O) groups is 1. The molecule has 0 fully saturated rings. The van der Waals surface area contributed by atoms with Gasteiger partial charge in [-0.1, -0.05) is 0 Å². The van der Waals surface area contributed by atoms with Crippen molar-refractivity contribution in [3.63, 3.8) is 0 Å². The number of amides is 1. The second kappa shape index (κ2) is 6.22. The fourth-order valence-electron chi connectivity index (χ4n) is 1.55. The van der Waals surface area contributed by atoms with Crippen LogP contribution >= 0.6 is 0 Å². The van der Waals surface area contributed by atoms with Gasteiger partial charge in [0.2, 0.25) is 5.91 Å². The molecule has 0 aromatic heterocycles. The summed E-state index contributed by atoms with van der Waals surface area (Å²) in [5.41, 5.74) is 0.270. The Kier molecular flexibility index (Phi) is 5.11. The number of halogens is 1. The van der Waals surface area contributed by atoms with E-state index in [-0.39, 0.29) is 17.8 Å². The molecule has 0 atom stereocenters. The Morgan fingerprint density at radius 2 is 1.95 bits per heavy atom. The van der Waals surface area contributed by atoms with Crippen LogP contribution < -0.4 is 15.5 Å². The minimum Gasteiger partial charge on any atom is -0.370 e. The number of rotatable bonds is 5. The molecule has 4 nitrogen and oxygen atoms in total. The zero-order valence-electron chi connectivity index (χ0n) is 13.0. The summed E-state index contributed by atoms with van der Waals surface area (Å²) >= 11 is 0. The molecule has 112 valence electrons. The van der Waals surface area contributed by atoms with E-state index in [1.165, 1.54) is 6.07 Å². The SMILES string of the molecule is CNC(C)(C)C(=O)Nc1ccc(N(C)C(C)C)c(F)c1. The maximum atomic E-state index is 14.1. The Balaban J connectivity index is 2.91. The maximum Gasteiger partial charge on any atom is 0.244 e. The van der Waals surface area contributed by atoms with Gasteiger partial charge in [-0.2, -0.15) is 0 Å². The Hall–Kier alpha value is -1.62. The lowest BCUT2D eigenvalue weighted by atomic mass is 10.1. The minimum absolute atomic E-state index is 0.202. The second-order valence-electron chi connectivity index (χ2n) is 5.70. The summed E-state index contributed by atoms with van der Waals surface area (Å²) in [5.74, 6) is -0.550. The third-order valence-electron chi connectivity index (χ3n) is 3.55. The van der Waals surface area contributed by atoms with E-state index >= 15 is 0 Å². The van der Waals surface area contributed by atoms with Crippen LogP contribution in [0.2, 0.25) is 0 Å². The third-order valence-corrected chi connectivity index (χ3v) is 3.55. The fourth-order valence-corrected chi connectivity index (χ4v) is 1.55. The van der Waals surface area contributed by atoms with E-state index in [2.05, 4.69) is 10.6 Å². The predicted molar refractivity (Wildman–Crippen MR) is 81.7 cm³/mol. The molecule has 2 N–H and O–H groups in total. The van der Waals surface area contributed by atoms with E-state index in [1.807, 2.05) is 25.8 Å². The van der Waals surface area contributed by atoms with Crippen molar-refractivity contribution in [2.45, 2.75) is 39.3 Å². The molecule has 0 saturated heterocycles. The first-order valence-electron chi connectivity index (χ1n) is 6.71. The number of hydrogen-bond acceptors (Lipinski definition) is 3. The lowest BCUT2D eigenvalue weighted by molar-refractivity contribution is -0.121. The van der Waals surface area contributed by atoms with Crippen molar-refractivity contribution < 1.29 is 9.18 Å². The van der Waals surface area contributed by atoms with Crippen LogP contribution in [0.4, 0.5) is 15.8 Å². The number of anilines is 2. The van der Waals surface area contributed by atoms with E-state index < -0.39 is 5.54 Å². The molecule has 0 saturated carbocycles. The number of nitrogens with zero attached hydrogens (tertiary/aromatic N) is 1. The zero-order valence-corrected chi connectivity index (χ0v) is 13.0. The van der Waals surface area contributed by atoms with Crippen LogP contribution in [0.3, 0.4) is 0 Å². The Morgan fingerprint density at radius 3 is 2.40 bits per heavy atom. The van der Waals surface area contributed by atoms with E-state index in [1.54, 1.807) is 33.0 Å². The average molecular weight is 281 g/mol. The molecule has 0 unspecified atom stereocenters.